The number of amides is 2. The van der Waals surface area contributed by atoms with Crippen LogP contribution in [0.4, 0.5) is 13.2 Å². The number of fused-ring (bicyclic) bond motifs is 1. The molecule has 0 saturated heterocycles. The molecule has 1 aliphatic heterocycles. The van der Waals surface area contributed by atoms with Crippen LogP contribution in [0.2, 0.25) is 0 Å². The topological polar surface area (TPSA) is 103 Å². The van der Waals surface area contributed by atoms with Gasteiger partial charge in [-0.05, 0) is 37.3 Å². The Morgan fingerprint density at radius 1 is 1.09 bits per heavy atom. The van der Waals surface area contributed by atoms with Gasteiger partial charge in [-0.2, -0.15) is 18.2 Å². The summed E-state index contributed by atoms with van der Waals surface area (Å²) in [5, 5.41) is 3.65. The Bertz CT molecular complexity index is 1250. The molecular weight excluding hydrogens is 431 g/mol. The quantitative estimate of drug-likeness (QED) is 0.443. The molecule has 4 rings (SSSR count). The van der Waals surface area contributed by atoms with Crippen LogP contribution in [-0.2, 0) is 10.9 Å². The second-order valence-electron chi connectivity index (χ2n) is 7.01. The van der Waals surface area contributed by atoms with Gasteiger partial charge in [0.05, 0.1) is 22.3 Å². The number of benzene rings is 2. The number of hydrogen-bond acceptors (Lipinski definition) is 7. The Morgan fingerprint density at radius 3 is 2.53 bits per heavy atom. The van der Waals surface area contributed by atoms with E-state index in [0.29, 0.717) is 0 Å². The van der Waals surface area contributed by atoms with E-state index in [1.165, 1.54) is 44.3 Å². The van der Waals surface area contributed by atoms with Crippen LogP contribution in [0.5, 0.6) is 0 Å². The fourth-order valence-corrected chi connectivity index (χ4v) is 3.12. The molecule has 1 atom stereocenters. The zero-order valence-corrected chi connectivity index (χ0v) is 16.6. The van der Waals surface area contributed by atoms with Crippen molar-refractivity contribution in [2.75, 3.05) is 7.05 Å². The van der Waals surface area contributed by atoms with Gasteiger partial charge in [0.25, 0.3) is 17.7 Å². The van der Waals surface area contributed by atoms with E-state index < -0.39 is 35.6 Å². The predicted molar refractivity (Wildman–Crippen MR) is 101 cm³/mol. The average molecular weight is 445 g/mol. The molecule has 0 aliphatic carbocycles. The zero-order chi connectivity index (χ0) is 23.2. The molecule has 0 spiro atoms. The lowest BCUT2D eigenvalue weighted by Crippen LogP contribution is -2.24. The highest BCUT2D eigenvalue weighted by Crippen LogP contribution is 2.32. The molecule has 2 amide bonds. The summed E-state index contributed by atoms with van der Waals surface area (Å²) in [4.78, 5) is 41.5. The molecule has 0 bridgehead atoms. The summed E-state index contributed by atoms with van der Waals surface area (Å²) in [6.07, 6.45) is -5.55. The average Bonchev–Trinajstić information content (AvgIpc) is 3.34. The lowest BCUT2D eigenvalue weighted by molar-refractivity contribution is -0.137. The number of nitrogens with zero attached hydrogens (tertiary/aromatic N) is 3. The second-order valence-corrected chi connectivity index (χ2v) is 7.01. The van der Waals surface area contributed by atoms with Crippen LogP contribution in [0.3, 0.4) is 0 Å². The molecule has 1 aromatic heterocycles. The monoisotopic (exact) mass is 445 g/mol. The number of hydrogen-bond donors (Lipinski definition) is 0. The molecule has 0 radical (unpaired) electrons. The van der Waals surface area contributed by atoms with Crippen molar-refractivity contribution in [3.63, 3.8) is 0 Å². The van der Waals surface area contributed by atoms with Gasteiger partial charge in [-0.15, -0.1) is 0 Å². The van der Waals surface area contributed by atoms with E-state index >= 15 is 0 Å². The molecule has 11 heteroatoms. The van der Waals surface area contributed by atoms with Gasteiger partial charge in [-0.3, -0.25) is 14.5 Å². The van der Waals surface area contributed by atoms with Crippen LogP contribution in [0.1, 0.15) is 55.6 Å². The number of alkyl halides is 3. The Hall–Kier alpha value is -4.02. The van der Waals surface area contributed by atoms with Crippen molar-refractivity contribution in [1.82, 2.24) is 15.0 Å². The third-order valence-electron chi connectivity index (χ3n) is 4.85. The van der Waals surface area contributed by atoms with Crippen molar-refractivity contribution in [3.05, 3.63) is 70.6 Å². The molecule has 8 nitrogen and oxygen atoms in total. The maximum absolute atomic E-state index is 12.9. The molecule has 2 heterocycles. The third kappa shape index (κ3) is 3.72. The lowest BCUT2D eigenvalue weighted by Gasteiger charge is -2.09. The van der Waals surface area contributed by atoms with Gasteiger partial charge in [0, 0.05) is 12.6 Å². The minimum absolute atomic E-state index is 0.0321. The normalized spacial score (nSPS) is 14.5. The first kappa shape index (κ1) is 21.2. The van der Waals surface area contributed by atoms with Crippen LogP contribution < -0.4 is 0 Å². The van der Waals surface area contributed by atoms with E-state index in [2.05, 4.69) is 10.1 Å². The number of rotatable bonds is 4. The maximum Gasteiger partial charge on any atom is 0.416 e. The van der Waals surface area contributed by atoms with Crippen LogP contribution in [0, 0.1) is 0 Å². The standard InChI is InChI=1S/C21H14F3N3O5/c1-10(17-25-16(26-32-17)11-4-3-5-13(8-11)21(22,23)24)31-20(30)12-6-7-14-15(9-12)19(29)27(2)18(14)28/h3-10H,1-2H3. The number of carbonyl (C=O) groups excluding carboxylic acids is 3. The highest BCUT2D eigenvalue weighted by atomic mass is 19.4. The minimum Gasteiger partial charge on any atom is -0.449 e. The highest BCUT2D eigenvalue weighted by molar-refractivity contribution is 6.21. The summed E-state index contributed by atoms with van der Waals surface area (Å²) in [6, 6.07) is 8.37. The van der Waals surface area contributed by atoms with Crippen molar-refractivity contribution in [2.45, 2.75) is 19.2 Å². The Balaban J connectivity index is 1.51. The summed E-state index contributed by atoms with van der Waals surface area (Å²) in [7, 11) is 1.34. The van der Waals surface area contributed by atoms with E-state index in [1.54, 1.807) is 0 Å². The first-order valence-corrected chi connectivity index (χ1v) is 9.25. The van der Waals surface area contributed by atoms with Crippen molar-refractivity contribution >= 4 is 17.8 Å². The summed E-state index contributed by atoms with van der Waals surface area (Å²) < 4.78 is 49.0. The number of aromatic nitrogens is 2. The molecule has 164 valence electrons. The number of carbonyl (C=O) groups is 3. The molecule has 1 unspecified atom stereocenters. The van der Waals surface area contributed by atoms with Crippen molar-refractivity contribution in [2.24, 2.45) is 0 Å². The molecule has 2 aromatic carbocycles. The van der Waals surface area contributed by atoms with Gasteiger partial charge in [0.15, 0.2) is 6.10 Å². The lowest BCUT2D eigenvalue weighted by atomic mass is 10.1. The number of halogens is 3. The van der Waals surface area contributed by atoms with E-state index in [0.717, 1.165) is 17.0 Å². The van der Waals surface area contributed by atoms with Gasteiger partial charge in [-0.1, -0.05) is 17.3 Å². The highest BCUT2D eigenvalue weighted by Gasteiger charge is 2.34. The fourth-order valence-electron chi connectivity index (χ4n) is 3.12. The molecule has 32 heavy (non-hydrogen) atoms. The third-order valence-corrected chi connectivity index (χ3v) is 4.85. The van der Waals surface area contributed by atoms with Crippen LogP contribution in [0.25, 0.3) is 11.4 Å². The van der Waals surface area contributed by atoms with Crippen molar-refractivity contribution in [3.8, 4) is 11.4 Å². The first-order valence-electron chi connectivity index (χ1n) is 9.25. The predicted octanol–water partition coefficient (Wildman–Crippen LogP) is 3.90. The van der Waals surface area contributed by atoms with E-state index in [9.17, 15) is 27.6 Å². The summed E-state index contributed by atoms with van der Waals surface area (Å²) in [5.41, 5.74) is -0.478. The number of imide groups is 1. The van der Waals surface area contributed by atoms with Gasteiger partial charge in [0.1, 0.15) is 0 Å². The molecule has 0 fully saturated rings. The molecule has 1 aliphatic rings. The first-order chi connectivity index (χ1) is 15.1. The van der Waals surface area contributed by atoms with Gasteiger partial charge < -0.3 is 9.26 Å². The smallest absolute Gasteiger partial charge is 0.416 e. The van der Waals surface area contributed by atoms with Crippen LogP contribution in [-0.4, -0.2) is 39.9 Å². The number of esters is 1. The van der Waals surface area contributed by atoms with Gasteiger partial charge in [0.2, 0.25) is 5.82 Å². The minimum atomic E-state index is -4.53. The summed E-state index contributed by atoms with van der Waals surface area (Å²) in [6.45, 7) is 1.44. The van der Waals surface area contributed by atoms with Crippen LogP contribution in [0.15, 0.2) is 47.0 Å². The molecule has 0 saturated carbocycles. The SMILES string of the molecule is CC(OC(=O)c1ccc2c(c1)C(=O)N(C)C2=O)c1nc(-c2cccc(C(F)(F)F)c2)no1. The fraction of sp³-hybridized carbons (Fsp3) is 0.190. The van der Waals surface area contributed by atoms with E-state index in [1.807, 2.05) is 0 Å². The Morgan fingerprint density at radius 2 is 1.81 bits per heavy atom. The molecule has 0 N–H and O–H groups in total. The summed E-state index contributed by atoms with van der Waals surface area (Å²) >= 11 is 0. The summed E-state index contributed by atoms with van der Waals surface area (Å²) in [5.74, 6) is -2.04. The van der Waals surface area contributed by atoms with Crippen LogP contribution >= 0.6 is 0 Å². The van der Waals surface area contributed by atoms with Gasteiger partial charge >= 0.3 is 12.1 Å². The largest absolute Gasteiger partial charge is 0.449 e. The Labute approximate surface area is 178 Å². The van der Waals surface area contributed by atoms with E-state index in [4.69, 9.17) is 9.26 Å². The van der Waals surface area contributed by atoms with E-state index in [-0.39, 0.29) is 34.0 Å². The maximum atomic E-state index is 12.9. The zero-order valence-electron chi connectivity index (χ0n) is 16.6. The van der Waals surface area contributed by atoms with Crippen molar-refractivity contribution in [1.29, 1.82) is 0 Å². The second kappa shape index (κ2) is 7.59. The van der Waals surface area contributed by atoms with Crippen molar-refractivity contribution < 1.29 is 36.8 Å². The Kier molecular flexibility index (Phi) is 5.03. The van der Waals surface area contributed by atoms with Gasteiger partial charge in [-0.25, -0.2) is 4.79 Å². The number of ether oxygens (including phenoxy) is 1. The molecular formula is C21H14F3N3O5. The molecule has 3 aromatic rings.